The molecule has 0 saturated carbocycles. The molecule has 1 N–H and O–H groups in total. The fourth-order valence-electron chi connectivity index (χ4n) is 3.95. The number of anilines is 2. The first-order chi connectivity index (χ1) is 15.1. The number of carbonyl (C=O) groups is 2. The van der Waals surface area contributed by atoms with E-state index in [9.17, 15) is 14.0 Å². The zero-order valence-electron chi connectivity index (χ0n) is 16.5. The van der Waals surface area contributed by atoms with Crippen LogP contribution in [0.3, 0.4) is 0 Å². The maximum atomic E-state index is 13.9. The molecule has 0 aliphatic carbocycles. The Morgan fingerprint density at radius 1 is 0.968 bits per heavy atom. The Balaban J connectivity index is 1.48. The summed E-state index contributed by atoms with van der Waals surface area (Å²) in [6.45, 7) is 0.356. The highest BCUT2D eigenvalue weighted by Crippen LogP contribution is 2.37. The van der Waals surface area contributed by atoms with Crippen molar-refractivity contribution in [2.24, 2.45) is 0 Å². The number of amides is 2. The van der Waals surface area contributed by atoms with Gasteiger partial charge in [-0.2, -0.15) is 0 Å². The highest BCUT2D eigenvalue weighted by Gasteiger charge is 2.40. The van der Waals surface area contributed by atoms with Crippen molar-refractivity contribution in [3.05, 3.63) is 90.2 Å². The minimum atomic E-state index is -0.752. The number of nitrogens with zero attached hydrogens (tertiary/aromatic N) is 3. The number of halogens is 1. The molecule has 0 saturated heterocycles. The van der Waals surface area contributed by atoms with Crippen LogP contribution in [0.5, 0.6) is 0 Å². The van der Waals surface area contributed by atoms with Crippen LogP contribution in [0.4, 0.5) is 16.0 Å². The van der Waals surface area contributed by atoms with Gasteiger partial charge in [0.25, 0.3) is 5.91 Å². The van der Waals surface area contributed by atoms with Crippen LogP contribution in [0, 0.1) is 5.82 Å². The lowest BCUT2D eigenvalue weighted by atomic mass is 10.1. The summed E-state index contributed by atoms with van der Waals surface area (Å²) in [7, 11) is 0. The molecule has 154 valence electrons. The van der Waals surface area contributed by atoms with Crippen LogP contribution in [0.1, 0.15) is 18.0 Å². The number of hydrogen-bond acceptors (Lipinski definition) is 3. The van der Waals surface area contributed by atoms with Crippen LogP contribution in [-0.4, -0.2) is 21.4 Å². The van der Waals surface area contributed by atoms with Crippen molar-refractivity contribution in [1.29, 1.82) is 0 Å². The molecule has 5 rings (SSSR count). The van der Waals surface area contributed by atoms with Gasteiger partial charge in [-0.1, -0.05) is 54.6 Å². The van der Waals surface area contributed by atoms with Crippen molar-refractivity contribution in [3.63, 3.8) is 0 Å². The number of carbonyl (C=O) groups excluding carboxylic acids is 2. The summed E-state index contributed by atoms with van der Waals surface area (Å²) >= 11 is 0. The first kappa shape index (κ1) is 19.0. The summed E-state index contributed by atoms with van der Waals surface area (Å²) in [5, 5.41) is 2.57. The molecule has 0 spiro atoms. The molecule has 0 fully saturated rings. The lowest BCUT2D eigenvalue weighted by molar-refractivity contribution is -0.124. The van der Waals surface area contributed by atoms with E-state index in [1.165, 1.54) is 12.1 Å². The molecule has 1 aromatic heterocycles. The summed E-state index contributed by atoms with van der Waals surface area (Å²) in [5.41, 5.74) is 2.59. The molecule has 1 aliphatic rings. The molecular weight excluding hydrogens is 395 g/mol. The Kier molecular flexibility index (Phi) is 4.71. The summed E-state index contributed by atoms with van der Waals surface area (Å²) in [5.74, 6) is -0.652. The van der Waals surface area contributed by atoms with E-state index in [-0.39, 0.29) is 18.0 Å². The van der Waals surface area contributed by atoms with Crippen molar-refractivity contribution in [1.82, 2.24) is 9.55 Å². The van der Waals surface area contributed by atoms with Crippen molar-refractivity contribution in [3.8, 4) is 0 Å². The van der Waals surface area contributed by atoms with Crippen molar-refractivity contribution in [2.45, 2.75) is 19.0 Å². The molecular formula is C24H19FN4O2. The monoisotopic (exact) mass is 414 g/mol. The zero-order chi connectivity index (χ0) is 21.4. The zero-order valence-corrected chi connectivity index (χ0v) is 16.5. The van der Waals surface area contributed by atoms with Crippen LogP contribution in [0.25, 0.3) is 11.0 Å². The van der Waals surface area contributed by atoms with Gasteiger partial charge < -0.3 is 5.32 Å². The Bertz CT molecular complexity index is 1290. The largest absolute Gasteiger partial charge is 0.324 e. The smallest absolute Gasteiger partial charge is 0.253 e. The Morgan fingerprint density at radius 3 is 2.48 bits per heavy atom. The van der Waals surface area contributed by atoms with Crippen LogP contribution in [0.15, 0.2) is 78.9 Å². The predicted molar refractivity (Wildman–Crippen MR) is 116 cm³/mol. The normalized spacial score (nSPS) is 15.3. The summed E-state index contributed by atoms with van der Waals surface area (Å²) in [6.07, 6.45) is -0.119. The number of imidazole rings is 1. The Hall–Kier alpha value is -4.00. The second-order valence-electron chi connectivity index (χ2n) is 7.43. The average Bonchev–Trinajstić information content (AvgIpc) is 3.27. The third-order valence-electron chi connectivity index (χ3n) is 5.39. The van der Waals surface area contributed by atoms with E-state index >= 15 is 0 Å². The molecule has 2 amide bonds. The van der Waals surface area contributed by atoms with E-state index in [0.29, 0.717) is 12.5 Å². The van der Waals surface area contributed by atoms with E-state index in [0.717, 1.165) is 16.6 Å². The SMILES string of the molecule is O=C(C[C@H]1C(=O)N(Cc2ccccc2)c2nc3ccccc3n21)Nc1ccccc1F. The molecule has 1 aliphatic heterocycles. The molecule has 2 heterocycles. The Morgan fingerprint density at radius 2 is 1.68 bits per heavy atom. The number of fused-ring (bicyclic) bond motifs is 3. The van der Waals surface area contributed by atoms with Crippen LogP contribution < -0.4 is 10.2 Å². The van der Waals surface area contributed by atoms with Gasteiger partial charge in [0.15, 0.2) is 0 Å². The topological polar surface area (TPSA) is 67.2 Å². The van der Waals surface area contributed by atoms with Crippen molar-refractivity contribution >= 4 is 34.5 Å². The fourth-order valence-corrected chi connectivity index (χ4v) is 3.95. The van der Waals surface area contributed by atoms with Crippen LogP contribution in [0.2, 0.25) is 0 Å². The van der Waals surface area contributed by atoms with Gasteiger partial charge in [0.2, 0.25) is 11.9 Å². The molecule has 7 heteroatoms. The van der Waals surface area contributed by atoms with E-state index in [4.69, 9.17) is 0 Å². The van der Waals surface area contributed by atoms with Crippen molar-refractivity contribution < 1.29 is 14.0 Å². The van der Waals surface area contributed by atoms with Gasteiger partial charge in [-0.15, -0.1) is 0 Å². The highest BCUT2D eigenvalue weighted by molar-refractivity contribution is 6.05. The second kappa shape index (κ2) is 7.68. The van der Waals surface area contributed by atoms with E-state index in [1.54, 1.807) is 17.0 Å². The van der Waals surface area contributed by atoms with E-state index in [1.807, 2.05) is 59.2 Å². The lowest BCUT2D eigenvalue weighted by Crippen LogP contribution is -2.31. The van der Waals surface area contributed by atoms with Gasteiger partial charge in [0, 0.05) is 0 Å². The van der Waals surface area contributed by atoms with E-state index in [2.05, 4.69) is 10.3 Å². The van der Waals surface area contributed by atoms with Gasteiger partial charge in [0.1, 0.15) is 11.9 Å². The summed E-state index contributed by atoms with van der Waals surface area (Å²) in [4.78, 5) is 32.3. The highest BCUT2D eigenvalue weighted by atomic mass is 19.1. The third kappa shape index (κ3) is 3.44. The molecule has 0 bridgehead atoms. The van der Waals surface area contributed by atoms with Gasteiger partial charge in [-0.3, -0.25) is 19.1 Å². The molecule has 4 aromatic rings. The summed E-state index contributed by atoms with van der Waals surface area (Å²) in [6, 6.07) is 22.4. The number of para-hydroxylation sites is 3. The number of rotatable bonds is 5. The second-order valence-corrected chi connectivity index (χ2v) is 7.43. The third-order valence-corrected chi connectivity index (χ3v) is 5.39. The van der Waals surface area contributed by atoms with Crippen LogP contribution >= 0.6 is 0 Å². The summed E-state index contributed by atoms with van der Waals surface area (Å²) < 4.78 is 15.7. The maximum absolute atomic E-state index is 13.9. The number of benzene rings is 3. The number of hydrogen-bond donors (Lipinski definition) is 1. The molecule has 0 unspecified atom stereocenters. The predicted octanol–water partition coefficient (Wildman–Crippen LogP) is 4.29. The van der Waals surface area contributed by atoms with Crippen molar-refractivity contribution in [2.75, 3.05) is 10.2 Å². The number of aromatic nitrogens is 2. The van der Waals surface area contributed by atoms with Gasteiger partial charge in [-0.05, 0) is 29.8 Å². The van der Waals surface area contributed by atoms with Crippen LogP contribution in [-0.2, 0) is 16.1 Å². The Labute approximate surface area is 177 Å². The van der Waals surface area contributed by atoms with E-state index < -0.39 is 17.8 Å². The average molecular weight is 414 g/mol. The molecule has 31 heavy (non-hydrogen) atoms. The minimum absolute atomic E-state index is 0.0924. The van der Waals surface area contributed by atoms with Gasteiger partial charge in [0.05, 0.1) is 29.7 Å². The molecule has 0 radical (unpaired) electrons. The van der Waals surface area contributed by atoms with Gasteiger partial charge in [-0.25, -0.2) is 9.37 Å². The minimum Gasteiger partial charge on any atom is -0.324 e. The first-order valence-electron chi connectivity index (χ1n) is 9.98. The fraction of sp³-hybridized carbons (Fsp3) is 0.125. The molecule has 1 atom stereocenters. The molecule has 6 nitrogen and oxygen atoms in total. The number of nitrogens with one attached hydrogen (secondary N) is 1. The first-order valence-corrected chi connectivity index (χ1v) is 9.98. The molecule has 3 aromatic carbocycles. The quantitative estimate of drug-likeness (QED) is 0.530. The standard InChI is InChI=1S/C24H19FN4O2/c25-17-10-4-5-11-18(17)26-22(30)14-21-23(31)28(15-16-8-2-1-3-9-16)24-27-19-12-6-7-13-20(19)29(21)24/h1-13,21H,14-15H2,(H,26,30)/t21-/m0/s1. The van der Waals surface area contributed by atoms with Gasteiger partial charge >= 0.3 is 0 Å². The maximum Gasteiger partial charge on any atom is 0.253 e. The lowest BCUT2D eigenvalue weighted by Gasteiger charge is -2.16.